The molecule has 14 heteroatoms. The van der Waals surface area contributed by atoms with Crippen LogP contribution in [-0.4, -0.2) is 69.9 Å². The van der Waals surface area contributed by atoms with Crippen LogP contribution in [0.4, 0.5) is 22.7 Å². The number of carbonyl (C=O) groups is 2. The van der Waals surface area contributed by atoms with Gasteiger partial charge in [-0.3, -0.25) is 9.59 Å². The third kappa shape index (κ3) is 20.7. The molecule has 2 aromatic rings. The maximum absolute atomic E-state index is 10.00. The third-order valence-electron chi connectivity index (χ3n) is 4.74. The molecule has 0 aromatic heterocycles. The predicted molar refractivity (Wildman–Crippen MR) is 151 cm³/mol. The van der Waals surface area contributed by atoms with Crippen LogP contribution in [0.3, 0.4) is 0 Å². The lowest BCUT2D eigenvalue weighted by atomic mass is 10.1. The minimum absolute atomic E-state index is 0.0628. The topological polar surface area (TPSA) is 233 Å². The van der Waals surface area contributed by atoms with E-state index in [0.717, 1.165) is 18.4 Å². The molecule has 0 fully saturated rings. The van der Waals surface area contributed by atoms with Crippen molar-refractivity contribution in [1.82, 2.24) is 0 Å². The van der Waals surface area contributed by atoms with Gasteiger partial charge in [0.15, 0.2) is 0 Å². The van der Waals surface area contributed by atoms with Crippen molar-refractivity contribution in [2.24, 2.45) is 20.0 Å². The van der Waals surface area contributed by atoms with Gasteiger partial charge in [0, 0.05) is 31.6 Å². The molecular formula is C28H32N4O10. The van der Waals surface area contributed by atoms with E-state index in [0.29, 0.717) is 41.2 Å². The Kier molecular flexibility index (Phi) is 24.2. The molecule has 2 aromatic carbocycles. The molecule has 224 valence electrons. The van der Waals surface area contributed by atoms with Gasteiger partial charge in [-0.05, 0) is 69.4 Å². The Morgan fingerprint density at radius 2 is 1.07 bits per heavy atom. The molecule has 0 radical (unpaired) electrons. The summed E-state index contributed by atoms with van der Waals surface area (Å²) in [5, 5.41) is 32.4. The second-order valence-corrected chi connectivity index (χ2v) is 7.85. The van der Waals surface area contributed by atoms with E-state index in [2.05, 4.69) is 20.0 Å². The minimum Gasteiger partial charge on any atom is -0.481 e. The largest absolute Gasteiger partial charge is 0.481 e. The number of aryl methyl sites for hydroxylation is 1. The predicted octanol–water partition coefficient (Wildman–Crippen LogP) is 4.33. The van der Waals surface area contributed by atoms with Crippen molar-refractivity contribution < 1.29 is 49.2 Å². The van der Waals surface area contributed by atoms with Crippen LogP contribution in [0.2, 0.25) is 0 Å². The molecule has 0 aliphatic rings. The number of hydrogen-bond donors (Lipinski definition) is 4. The molecule has 42 heavy (non-hydrogen) atoms. The summed E-state index contributed by atoms with van der Waals surface area (Å²) in [4.78, 5) is 73.5. The number of aliphatic imine (C=N–C) groups is 4. The number of aliphatic hydroxyl groups is 2. The number of hydrogen-bond acceptors (Lipinski definition) is 12. The number of rotatable bonds is 12. The van der Waals surface area contributed by atoms with Crippen molar-refractivity contribution >= 4 is 59.0 Å². The highest BCUT2D eigenvalue weighted by Crippen LogP contribution is 2.27. The van der Waals surface area contributed by atoms with Crippen LogP contribution in [0, 0.1) is 13.8 Å². The molecule has 0 heterocycles. The summed E-state index contributed by atoms with van der Waals surface area (Å²) in [6, 6.07) is 9.81. The Balaban J connectivity index is 0. The van der Waals surface area contributed by atoms with Gasteiger partial charge in [0.1, 0.15) is 0 Å². The van der Waals surface area contributed by atoms with Gasteiger partial charge in [0.05, 0.1) is 22.7 Å². The van der Waals surface area contributed by atoms with E-state index in [1.54, 1.807) is 44.2 Å². The summed E-state index contributed by atoms with van der Waals surface area (Å²) in [5.41, 5.74) is 3.31. The molecule has 0 atom stereocenters. The molecule has 0 spiro atoms. The lowest BCUT2D eigenvalue weighted by Crippen LogP contribution is -1.97. The lowest BCUT2D eigenvalue weighted by Gasteiger charge is -1.99. The van der Waals surface area contributed by atoms with Gasteiger partial charge >= 0.3 is 11.9 Å². The van der Waals surface area contributed by atoms with E-state index >= 15 is 0 Å². The van der Waals surface area contributed by atoms with E-state index in [9.17, 15) is 28.8 Å². The molecule has 0 amide bonds. The van der Waals surface area contributed by atoms with Crippen LogP contribution in [0.1, 0.15) is 49.7 Å². The molecule has 2 rings (SSSR count). The van der Waals surface area contributed by atoms with Crippen LogP contribution in [-0.2, 0) is 28.8 Å². The monoisotopic (exact) mass is 584 g/mol. The molecule has 0 aliphatic carbocycles. The Morgan fingerprint density at radius 1 is 0.643 bits per heavy atom. The Bertz CT molecular complexity index is 1240. The molecule has 0 aliphatic heterocycles. The van der Waals surface area contributed by atoms with Gasteiger partial charge in [-0.1, -0.05) is 12.1 Å². The van der Waals surface area contributed by atoms with Crippen molar-refractivity contribution in [3.05, 3.63) is 47.5 Å². The van der Waals surface area contributed by atoms with E-state index in [4.69, 9.17) is 20.4 Å². The average Bonchev–Trinajstić information content (AvgIpc) is 2.95. The first-order chi connectivity index (χ1) is 20.1. The number of nitrogens with zero attached hydrogens (tertiary/aromatic N) is 4. The van der Waals surface area contributed by atoms with Crippen LogP contribution < -0.4 is 0 Å². The highest BCUT2D eigenvalue weighted by Gasteiger charge is 2.01. The lowest BCUT2D eigenvalue weighted by molar-refractivity contribution is -0.139. The fourth-order valence-corrected chi connectivity index (χ4v) is 2.62. The van der Waals surface area contributed by atoms with Crippen LogP contribution >= 0.6 is 0 Å². The van der Waals surface area contributed by atoms with Crippen LogP contribution in [0.15, 0.2) is 56.4 Å². The number of carboxylic acids is 2. The normalized spacial score (nSPS) is 8.67. The zero-order valence-electron chi connectivity index (χ0n) is 23.1. The zero-order chi connectivity index (χ0) is 32.2. The maximum Gasteiger partial charge on any atom is 0.303 e. The molecule has 0 unspecified atom stereocenters. The van der Waals surface area contributed by atoms with Gasteiger partial charge in [0.25, 0.3) is 0 Å². The second-order valence-electron chi connectivity index (χ2n) is 7.85. The average molecular weight is 585 g/mol. The number of aliphatic hydroxyl groups excluding tert-OH is 2. The Morgan fingerprint density at radius 3 is 1.45 bits per heavy atom. The highest BCUT2D eigenvalue weighted by atomic mass is 16.4. The summed E-state index contributed by atoms with van der Waals surface area (Å²) >= 11 is 0. The summed E-state index contributed by atoms with van der Waals surface area (Å²) in [5.74, 6) is -1.74. The van der Waals surface area contributed by atoms with Gasteiger partial charge in [-0.15, -0.1) is 0 Å². The van der Waals surface area contributed by atoms with Crippen molar-refractivity contribution in [1.29, 1.82) is 0 Å². The first kappa shape index (κ1) is 39.0. The fourth-order valence-electron chi connectivity index (χ4n) is 2.62. The van der Waals surface area contributed by atoms with E-state index in [1.807, 2.05) is 0 Å². The maximum atomic E-state index is 10.00. The van der Waals surface area contributed by atoms with E-state index in [1.165, 1.54) is 30.4 Å². The van der Waals surface area contributed by atoms with Gasteiger partial charge < -0.3 is 20.4 Å². The summed E-state index contributed by atoms with van der Waals surface area (Å²) in [6.07, 6.45) is 8.15. The van der Waals surface area contributed by atoms with Crippen molar-refractivity contribution in [2.45, 2.75) is 52.4 Å². The van der Waals surface area contributed by atoms with E-state index in [-0.39, 0.29) is 26.1 Å². The molecule has 4 N–H and O–H groups in total. The summed E-state index contributed by atoms with van der Waals surface area (Å²) in [7, 11) is 0. The van der Waals surface area contributed by atoms with Gasteiger partial charge in [-0.25, -0.2) is 19.2 Å². The molecule has 0 bridgehead atoms. The number of carboxylic acid groups (broad SMARTS) is 2. The highest BCUT2D eigenvalue weighted by molar-refractivity contribution is 5.68. The SMILES string of the molecule is Cc1c(N=C=O)cccc1N=C=O.Cc1ccc(N=C=O)cc1N=C=O.O=C(O)CCCCC(=O)O.OCCCCO. The van der Waals surface area contributed by atoms with E-state index < -0.39 is 11.9 Å². The Hall–Kier alpha value is -5.18. The first-order valence-corrected chi connectivity index (χ1v) is 12.3. The molecule has 14 nitrogen and oxygen atoms in total. The number of aliphatic carboxylic acids is 2. The molecular weight excluding hydrogens is 552 g/mol. The standard InChI is InChI=1S/2C9H6N2O2.C6H10O4.C4H10O2/c1-7-2-3-8(10-5-12)4-9(7)11-6-13;1-7-8(10-5-12)3-2-4-9(7)11-6-13;7-5(8)3-1-2-4-6(9)10;5-3-1-2-4-6/h2*2-4H,1H3;1-4H2,(H,7,8)(H,9,10);5-6H,1-4H2. The quantitative estimate of drug-likeness (QED) is 0.157. The number of unbranched alkanes of at least 4 members (excludes halogenated alkanes) is 2. The van der Waals surface area contributed by atoms with Crippen molar-refractivity contribution in [3.8, 4) is 0 Å². The summed E-state index contributed by atoms with van der Waals surface area (Å²) < 4.78 is 0. The number of benzene rings is 2. The Labute approximate surface area is 241 Å². The van der Waals surface area contributed by atoms with Gasteiger partial charge in [-0.2, -0.15) is 20.0 Å². The van der Waals surface area contributed by atoms with Gasteiger partial charge in [0.2, 0.25) is 24.3 Å². The third-order valence-corrected chi connectivity index (χ3v) is 4.74. The van der Waals surface area contributed by atoms with Crippen LogP contribution in [0.5, 0.6) is 0 Å². The number of carbonyl (C=O) groups excluding carboxylic acids is 4. The number of isocyanates is 4. The van der Waals surface area contributed by atoms with Crippen molar-refractivity contribution in [2.75, 3.05) is 13.2 Å². The zero-order valence-corrected chi connectivity index (χ0v) is 23.1. The fraction of sp³-hybridized carbons (Fsp3) is 0.357. The minimum atomic E-state index is -0.870. The summed E-state index contributed by atoms with van der Waals surface area (Å²) in [6.45, 7) is 3.90. The van der Waals surface area contributed by atoms with Crippen LogP contribution in [0.25, 0.3) is 0 Å². The second kappa shape index (κ2) is 26.1. The molecule has 0 saturated heterocycles. The first-order valence-electron chi connectivity index (χ1n) is 12.3. The smallest absolute Gasteiger partial charge is 0.303 e. The van der Waals surface area contributed by atoms with Crippen molar-refractivity contribution in [3.63, 3.8) is 0 Å². The molecule has 0 saturated carbocycles.